The molecule has 5 nitrogen and oxygen atoms in total. The zero-order valence-electron chi connectivity index (χ0n) is 11.4. The van der Waals surface area contributed by atoms with Gasteiger partial charge in [0.1, 0.15) is 5.69 Å². The number of hydrogen-bond acceptors (Lipinski definition) is 4. The number of imidazole rings is 1. The number of nitrogens with zero attached hydrogens (tertiary/aromatic N) is 2. The molecule has 0 aromatic carbocycles. The minimum absolute atomic E-state index is 0.263. The van der Waals surface area contributed by atoms with Gasteiger partial charge in [-0.25, -0.2) is 9.78 Å². The number of carbonyl (C=O) groups is 1. The number of esters is 1. The lowest BCUT2D eigenvalue weighted by Crippen LogP contribution is -2.55. The zero-order valence-corrected chi connectivity index (χ0v) is 11.4. The lowest BCUT2D eigenvalue weighted by atomic mass is 9.70. The van der Waals surface area contributed by atoms with Crippen molar-refractivity contribution in [1.82, 2.24) is 14.9 Å². The van der Waals surface area contributed by atoms with Crippen molar-refractivity contribution >= 4 is 5.97 Å². The minimum atomic E-state index is -0.263. The fourth-order valence-electron chi connectivity index (χ4n) is 3.31. The Kier molecular flexibility index (Phi) is 3.31. The molecule has 3 rings (SSSR count). The predicted octanol–water partition coefficient (Wildman–Crippen LogP) is 1.91. The summed E-state index contributed by atoms with van der Waals surface area (Å²) in [6.07, 6.45) is 9.36. The van der Waals surface area contributed by atoms with E-state index in [-0.39, 0.29) is 5.97 Å². The van der Waals surface area contributed by atoms with Crippen LogP contribution in [0.25, 0.3) is 0 Å². The van der Waals surface area contributed by atoms with Gasteiger partial charge in [-0.1, -0.05) is 0 Å². The summed E-state index contributed by atoms with van der Waals surface area (Å²) in [5.41, 5.74) is 0.905. The molecule has 104 valence electrons. The molecule has 2 aliphatic rings. The molecule has 1 saturated carbocycles. The molecular formula is C14H21N3O2. The Hall–Kier alpha value is -1.36. The highest BCUT2D eigenvalue weighted by molar-refractivity contribution is 5.87. The molecule has 2 fully saturated rings. The highest BCUT2D eigenvalue weighted by atomic mass is 16.5. The molecule has 0 bridgehead atoms. The molecule has 19 heavy (non-hydrogen) atoms. The van der Waals surface area contributed by atoms with Crippen LogP contribution in [0, 0.1) is 0 Å². The lowest BCUT2D eigenvalue weighted by Gasteiger charge is -2.48. The van der Waals surface area contributed by atoms with Crippen molar-refractivity contribution in [3.63, 3.8) is 0 Å². The van der Waals surface area contributed by atoms with Gasteiger partial charge in [0.25, 0.3) is 0 Å². The fraction of sp³-hybridized carbons (Fsp3) is 0.714. The molecule has 1 atom stereocenters. The second-order valence-corrected chi connectivity index (χ2v) is 5.61. The number of ether oxygens (including phenoxy) is 1. The minimum Gasteiger partial charge on any atom is -0.461 e. The van der Waals surface area contributed by atoms with Gasteiger partial charge in [0.05, 0.1) is 19.1 Å². The Bertz CT molecular complexity index is 465. The molecule has 1 aliphatic carbocycles. The van der Waals surface area contributed by atoms with E-state index in [9.17, 15) is 4.79 Å². The number of hydrogen-bond donors (Lipinski definition) is 1. The summed E-state index contributed by atoms with van der Waals surface area (Å²) in [7, 11) is 0. The summed E-state index contributed by atoms with van der Waals surface area (Å²) in [5, 5.41) is 3.65. The first-order valence-corrected chi connectivity index (χ1v) is 7.18. The summed E-state index contributed by atoms with van der Waals surface area (Å²) in [6, 6.07) is 0.364. The smallest absolute Gasteiger partial charge is 0.356 e. The highest BCUT2D eigenvalue weighted by Gasteiger charge is 2.41. The van der Waals surface area contributed by atoms with Crippen LogP contribution < -0.4 is 5.32 Å². The molecule has 1 N–H and O–H groups in total. The van der Waals surface area contributed by atoms with Gasteiger partial charge in [-0.2, -0.15) is 0 Å². The molecule has 0 radical (unpaired) electrons. The van der Waals surface area contributed by atoms with Crippen LogP contribution in [0.15, 0.2) is 12.5 Å². The maximum absolute atomic E-state index is 11.9. The maximum atomic E-state index is 11.9. The van der Waals surface area contributed by atoms with Crippen molar-refractivity contribution in [3.05, 3.63) is 18.2 Å². The van der Waals surface area contributed by atoms with E-state index in [0.29, 0.717) is 23.9 Å². The molecule has 2 heterocycles. The average molecular weight is 263 g/mol. The predicted molar refractivity (Wildman–Crippen MR) is 71.0 cm³/mol. The van der Waals surface area contributed by atoms with Crippen molar-refractivity contribution < 1.29 is 9.53 Å². The van der Waals surface area contributed by atoms with E-state index in [1.807, 2.05) is 11.5 Å². The molecule has 1 unspecified atom stereocenters. The quantitative estimate of drug-likeness (QED) is 0.846. The van der Waals surface area contributed by atoms with E-state index in [2.05, 4.69) is 10.3 Å². The first kappa shape index (κ1) is 12.7. The van der Waals surface area contributed by atoms with Crippen molar-refractivity contribution in [1.29, 1.82) is 0 Å². The van der Waals surface area contributed by atoms with Crippen LogP contribution in [0.3, 0.4) is 0 Å². The van der Waals surface area contributed by atoms with E-state index in [0.717, 1.165) is 19.4 Å². The monoisotopic (exact) mass is 263 g/mol. The third-order valence-electron chi connectivity index (χ3n) is 4.46. The Balaban J connectivity index is 1.78. The first-order chi connectivity index (χ1) is 9.24. The van der Waals surface area contributed by atoms with Crippen LogP contribution in [-0.4, -0.2) is 34.2 Å². The molecule has 1 spiro atoms. The fourth-order valence-corrected chi connectivity index (χ4v) is 3.31. The summed E-state index contributed by atoms with van der Waals surface area (Å²) in [5.74, 6) is -0.263. The molecule has 1 saturated heterocycles. The van der Waals surface area contributed by atoms with Gasteiger partial charge in [0.2, 0.25) is 0 Å². The average Bonchev–Trinajstić information content (AvgIpc) is 2.86. The standard InChI is InChI=1S/C14H21N3O2/c1-2-19-13(18)12-9-15-10-17(12)11-4-7-16-14(8-11)5-3-6-14/h9-11,16H,2-8H2,1H3. The number of rotatable bonds is 3. The Labute approximate surface area is 113 Å². The summed E-state index contributed by atoms with van der Waals surface area (Å²) < 4.78 is 7.11. The third kappa shape index (κ3) is 2.27. The van der Waals surface area contributed by atoms with E-state index < -0.39 is 0 Å². The molecular weight excluding hydrogens is 242 g/mol. The van der Waals surface area contributed by atoms with Gasteiger partial charge in [-0.3, -0.25) is 0 Å². The molecule has 1 aromatic heterocycles. The topological polar surface area (TPSA) is 56.1 Å². The van der Waals surface area contributed by atoms with Gasteiger partial charge >= 0.3 is 5.97 Å². The van der Waals surface area contributed by atoms with Crippen LogP contribution in [0.5, 0.6) is 0 Å². The van der Waals surface area contributed by atoms with E-state index in [4.69, 9.17) is 4.74 Å². The Morgan fingerprint density at radius 2 is 2.47 bits per heavy atom. The van der Waals surface area contributed by atoms with Crippen LogP contribution in [0.4, 0.5) is 0 Å². The largest absolute Gasteiger partial charge is 0.461 e. The normalized spacial score (nSPS) is 25.0. The van der Waals surface area contributed by atoms with Gasteiger partial charge < -0.3 is 14.6 Å². The number of piperidine rings is 1. The Morgan fingerprint density at radius 3 is 3.16 bits per heavy atom. The van der Waals surface area contributed by atoms with Gasteiger partial charge in [0, 0.05) is 11.6 Å². The van der Waals surface area contributed by atoms with Gasteiger partial charge in [-0.05, 0) is 45.6 Å². The number of carbonyl (C=O) groups excluding carboxylic acids is 1. The molecule has 5 heteroatoms. The van der Waals surface area contributed by atoms with Gasteiger partial charge in [0.15, 0.2) is 0 Å². The van der Waals surface area contributed by atoms with Gasteiger partial charge in [-0.15, -0.1) is 0 Å². The zero-order chi connectivity index (χ0) is 13.3. The Morgan fingerprint density at radius 1 is 1.63 bits per heavy atom. The van der Waals surface area contributed by atoms with E-state index in [1.165, 1.54) is 19.3 Å². The third-order valence-corrected chi connectivity index (χ3v) is 4.46. The highest BCUT2D eigenvalue weighted by Crippen LogP contribution is 2.42. The SMILES string of the molecule is CCOC(=O)c1cncn1C1CCNC2(CCC2)C1. The lowest BCUT2D eigenvalue weighted by molar-refractivity contribution is 0.0500. The molecule has 0 amide bonds. The second kappa shape index (κ2) is 4.96. The summed E-state index contributed by atoms with van der Waals surface area (Å²) in [6.45, 7) is 3.25. The van der Waals surface area contributed by atoms with Crippen molar-refractivity contribution in [2.75, 3.05) is 13.2 Å². The maximum Gasteiger partial charge on any atom is 0.356 e. The summed E-state index contributed by atoms with van der Waals surface area (Å²) >= 11 is 0. The molecule has 1 aliphatic heterocycles. The van der Waals surface area contributed by atoms with Crippen LogP contribution >= 0.6 is 0 Å². The van der Waals surface area contributed by atoms with E-state index >= 15 is 0 Å². The first-order valence-electron chi connectivity index (χ1n) is 7.18. The van der Waals surface area contributed by atoms with Crippen molar-refractivity contribution in [2.24, 2.45) is 0 Å². The molecule has 1 aromatic rings. The van der Waals surface area contributed by atoms with E-state index in [1.54, 1.807) is 12.5 Å². The van der Waals surface area contributed by atoms with Crippen molar-refractivity contribution in [2.45, 2.75) is 50.6 Å². The van der Waals surface area contributed by atoms with Crippen molar-refractivity contribution in [3.8, 4) is 0 Å². The number of nitrogens with one attached hydrogen (secondary N) is 1. The van der Waals surface area contributed by atoms with Crippen LogP contribution in [0.2, 0.25) is 0 Å². The van der Waals surface area contributed by atoms with Crippen LogP contribution in [0.1, 0.15) is 55.6 Å². The number of aromatic nitrogens is 2. The second-order valence-electron chi connectivity index (χ2n) is 5.61. The summed E-state index contributed by atoms with van der Waals surface area (Å²) in [4.78, 5) is 16.0. The van der Waals surface area contributed by atoms with Crippen LogP contribution in [-0.2, 0) is 4.74 Å².